The van der Waals surface area contributed by atoms with E-state index in [1.807, 2.05) is 0 Å². The largest absolute Gasteiger partial charge is 0.493 e. The lowest BCUT2D eigenvalue weighted by atomic mass is 10.1. The number of benzene rings is 1. The summed E-state index contributed by atoms with van der Waals surface area (Å²) in [5.74, 6) is 0.169. The van der Waals surface area contributed by atoms with Gasteiger partial charge in [0.05, 0.1) is 18.9 Å². The average Bonchev–Trinajstić information content (AvgIpc) is 3.11. The quantitative estimate of drug-likeness (QED) is 0.435. The summed E-state index contributed by atoms with van der Waals surface area (Å²) in [7, 11) is 1.38. The molecule has 138 valence electrons. The predicted octanol–water partition coefficient (Wildman–Crippen LogP) is 2.66. The number of nitrogens with one attached hydrogen (secondary N) is 2. The first-order valence-corrected chi connectivity index (χ1v) is 8.23. The van der Waals surface area contributed by atoms with Gasteiger partial charge in [-0.2, -0.15) is 13.9 Å². The van der Waals surface area contributed by atoms with E-state index in [9.17, 15) is 8.78 Å². The Morgan fingerprint density at radius 1 is 1.44 bits per heavy atom. The van der Waals surface area contributed by atoms with Gasteiger partial charge in [-0.1, -0.05) is 0 Å². The second kappa shape index (κ2) is 9.47. The summed E-state index contributed by atoms with van der Waals surface area (Å²) in [4.78, 5) is 0. The van der Waals surface area contributed by atoms with Crippen LogP contribution in [0.25, 0.3) is 0 Å². The van der Waals surface area contributed by atoms with Crippen molar-refractivity contribution in [1.82, 2.24) is 10.7 Å². The minimum Gasteiger partial charge on any atom is -0.493 e. The molecule has 1 heterocycles. The number of hydrogen-bond acceptors (Lipinski definition) is 5. The molecule has 2 rings (SSSR count). The van der Waals surface area contributed by atoms with Crippen LogP contribution in [0, 0.1) is 0 Å². The van der Waals surface area contributed by atoms with E-state index in [1.54, 1.807) is 19.1 Å². The van der Waals surface area contributed by atoms with Gasteiger partial charge in [0.1, 0.15) is 0 Å². The van der Waals surface area contributed by atoms with E-state index in [1.165, 1.54) is 13.2 Å². The standard InChI is InChI=1S/C16H21F2N3O3S/c1-10(20-21-16(25)19-9-12-4-3-7-23-12)11-5-6-13(24-15(17)18)14(8-11)22-2/h5-6,8,12,15H,3-4,7,9H2,1-2H3,(H2,19,21,25)/b20-10-/t12-/m1/s1. The number of halogens is 2. The number of alkyl halides is 2. The van der Waals surface area contributed by atoms with Crippen molar-refractivity contribution in [3.8, 4) is 11.5 Å². The molecule has 0 aliphatic carbocycles. The summed E-state index contributed by atoms with van der Waals surface area (Å²) < 4.78 is 39.7. The third kappa shape index (κ3) is 6.09. The Morgan fingerprint density at radius 2 is 2.24 bits per heavy atom. The molecule has 25 heavy (non-hydrogen) atoms. The zero-order valence-electron chi connectivity index (χ0n) is 14.1. The molecule has 1 aliphatic rings. The molecular formula is C16H21F2N3O3S. The maximum atomic E-state index is 12.3. The summed E-state index contributed by atoms with van der Waals surface area (Å²) in [6.45, 7) is 0.270. The van der Waals surface area contributed by atoms with E-state index in [0.29, 0.717) is 22.9 Å². The topological polar surface area (TPSA) is 64.1 Å². The summed E-state index contributed by atoms with van der Waals surface area (Å²) in [6.07, 6.45) is 2.26. The smallest absolute Gasteiger partial charge is 0.387 e. The van der Waals surface area contributed by atoms with Gasteiger partial charge in [-0.05, 0) is 50.2 Å². The highest BCUT2D eigenvalue weighted by Crippen LogP contribution is 2.29. The lowest BCUT2D eigenvalue weighted by Gasteiger charge is -2.13. The van der Waals surface area contributed by atoms with Crippen molar-refractivity contribution in [3.05, 3.63) is 23.8 Å². The number of hydrogen-bond donors (Lipinski definition) is 2. The molecule has 1 aromatic carbocycles. The van der Waals surface area contributed by atoms with Crippen LogP contribution in [0.15, 0.2) is 23.3 Å². The molecule has 1 aliphatic heterocycles. The molecule has 1 aromatic rings. The maximum absolute atomic E-state index is 12.3. The number of ether oxygens (including phenoxy) is 3. The maximum Gasteiger partial charge on any atom is 0.387 e. The van der Waals surface area contributed by atoms with Crippen molar-refractivity contribution in [2.75, 3.05) is 20.3 Å². The monoisotopic (exact) mass is 373 g/mol. The number of nitrogens with zero attached hydrogens (tertiary/aromatic N) is 1. The normalized spacial score (nSPS) is 17.5. The van der Waals surface area contributed by atoms with Gasteiger partial charge in [-0.25, -0.2) is 0 Å². The fraction of sp³-hybridized carbons (Fsp3) is 0.500. The molecule has 0 aromatic heterocycles. The lowest BCUT2D eigenvalue weighted by Crippen LogP contribution is -2.37. The average molecular weight is 373 g/mol. The van der Waals surface area contributed by atoms with E-state index < -0.39 is 6.61 Å². The van der Waals surface area contributed by atoms with Crippen LogP contribution in [-0.2, 0) is 4.74 Å². The van der Waals surface area contributed by atoms with Crippen molar-refractivity contribution in [2.45, 2.75) is 32.5 Å². The van der Waals surface area contributed by atoms with E-state index in [-0.39, 0.29) is 17.6 Å². The van der Waals surface area contributed by atoms with E-state index in [2.05, 4.69) is 20.6 Å². The molecule has 1 fully saturated rings. The Morgan fingerprint density at radius 3 is 2.88 bits per heavy atom. The summed E-state index contributed by atoms with van der Waals surface area (Å²) >= 11 is 5.16. The second-order valence-electron chi connectivity index (χ2n) is 5.40. The van der Waals surface area contributed by atoms with Crippen LogP contribution in [0.5, 0.6) is 11.5 Å². The highest BCUT2D eigenvalue weighted by molar-refractivity contribution is 7.80. The Balaban J connectivity index is 1.92. The Labute approximate surface area is 150 Å². The molecule has 0 amide bonds. The summed E-state index contributed by atoms with van der Waals surface area (Å²) in [5.41, 5.74) is 4.05. The molecule has 9 heteroatoms. The molecule has 0 spiro atoms. The van der Waals surface area contributed by atoms with Crippen molar-refractivity contribution in [3.63, 3.8) is 0 Å². The third-order valence-corrected chi connectivity index (χ3v) is 3.87. The minimum absolute atomic E-state index is 0.0317. The van der Waals surface area contributed by atoms with Gasteiger partial charge in [0.15, 0.2) is 16.6 Å². The lowest BCUT2D eigenvalue weighted by molar-refractivity contribution is -0.0512. The van der Waals surface area contributed by atoms with E-state index in [0.717, 1.165) is 19.4 Å². The van der Waals surface area contributed by atoms with E-state index in [4.69, 9.17) is 21.7 Å². The third-order valence-electron chi connectivity index (χ3n) is 3.64. The first-order valence-electron chi connectivity index (χ1n) is 7.82. The fourth-order valence-corrected chi connectivity index (χ4v) is 2.47. The molecule has 0 radical (unpaired) electrons. The molecule has 0 unspecified atom stereocenters. The van der Waals surface area contributed by atoms with Crippen LogP contribution in [0.1, 0.15) is 25.3 Å². The SMILES string of the molecule is COc1cc(/C(C)=N\NC(=S)NC[C@H]2CCCO2)ccc1OC(F)F. The van der Waals surface area contributed by atoms with Crippen molar-refractivity contribution in [2.24, 2.45) is 5.10 Å². The number of rotatable bonds is 7. The van der Waals surface area contributed by atoms with Gasteiger partial charge in [0.2, 0.25) is 0 Å². The first-order chi connectivity index (χ1) is 12.0. The molecule has 0 saturated carbocycles. The number of thiocarbonyl (C=S) groups is 1. The van der Waals surface area contributed by atoms with Crippen molar-refractivity contribution >= 4 is 23.0 Å². The van der Waals surface area contributed by atoms with Crippen LogP contribution in [0.2, 0.25) is 0 Å². The van der Waals surface area contributed by atoms with Gasteiger partial charge in [0, 0.05) is 18.7 Å². The van der Waals surface area contributed by atoms with Crippen LogP contribution in [0.3, 0.4) is 0 Å². The zero-order chi connectivity index (χ0) is 18.2. The Kier molecular flexibility index (Phi) is 7.32. The summed E-state index contributed by atoms with van der Waals surface area (Å²) in [6, 6.07) is 4.60. The van der Waals surface area contributed by atoms with Crippen molar-refractivity contribution in [1.29, 1.82) is 0 Å². The first kappa shape index (κ1) is 19.3. The number of methoxy groups -OCH3 is 1. The number of hydrazone groups is 1. The molecule has 2 N–H and O–H groups in total. The fourth-order valence-electron chi connectivity index (χ4n) is 2.34. The molecule has 1 atom stereocenters. The van der Waals surface area contributed by atoms with Gasteiger partial charge in [0.25, 0.3) is 0 Å². The van der Waals surface area contributed by atoms with Crippen LogP contribution >= 0.6 is 12.2 Å². The van der Waals surface area contributed by atoms with Gasteiger partial charge in [-0.15, -0.1) is 0 Å². The van der Waals surface area contributed by atoms with Crippen LogP contribution in [0.4, 0.5) is 8.78 Å². The van der Waals surface area contributed by atoms with Crippen LogP contribution < -0.4 is 20.2 Å². The predicted molar refractivity (Wildman–Crippen MR) is 94.5 cm³/mol. The second-order valence-corrected chi connectivity index (χ2v) is 5.81. The molecular weight excluding hydrogens is 352 g/mol. The Bertz CT molecular complexity index is 623. The van der Waals surface area contributed by atoms with Gasteiger partial charge < -0.3 is 19.5 Å². The molecule has 1 saturated heterocycles. The minimum atomic E-state index is -2.91. The van der Waals surface area contributed by atoms with Gasteiger partial charge >= 0.3 is 6.61 Å². The molecule has 6 nitrogen and oxygen atoms in total. The Hall–Kier alpha value is -2.00. The van der Waals surface area contributed by atoms with Crippen LogP contribution in [-0.4, -0.2) is 43.8 Å². The molecule has 0 bridgehead atoms. The highest BCUT2D eigenvalue weighted by atomic mass is 32.1. The van der Waals surface area contributed by atoms with Crippen molar-refractivity contribution < 1.29 is 23.0 Å². The summed E-state index contributed by atoms with van der Waals surface area (Å²) in [5, 5.41) is 7.62. The highest BCUT2D eigenvalue weighted by Gasteiger charge is 2.15. The van der Waals surface area contributed by atoms with Gasteiger partial charge in [-0.3, -0.25) is 5.43 Å². The van der Waals surface area contributed by atoms with E-state index >= 15 is 0 Å². The zero-order valence-corrected chi connectivity index (χ0v) is 14.9.